The molecule has 0 spiro atoms. The fourth-order valence-electron chi connectivity index (χ4n) is 1.23. The summed E-state index contributed by atoms with van der Waals surface area (Å²) < 4.78 is 23.7. The summed E-state index contributed by atoms with van der Waals surface area (Å²) in [5.74, 6) is -0.116. The first-order valence-electron chi connectivity index (χ1n) is 4.79. The van der Waals surface area contributed by atoms with E-state index in [0.29, 0.717) is 10.6 Å². The van der Waals surface area contributed by atoms with Crippen molar-refractivity contribution in [2.75, 3.05) is 0 Å². The summed E-state index contributed by atoms with van der Waals surface area (Å²) in [6.45, 7) is 1.54. The highest BCUT2D eigenvalue weighted by Gasteiger charge is 2.21. The van der Waals surface area contributed by atoms with Crippen molar-refractivity contribution in [1.29, 1.82) is 5.26 Å². The first kappa shape index (κ1) is 13.0. The lowest BCUT2D eigenvalue weighted by atomic mass is 10.2. The van der Waals surface area contributed by atoms with Gasteiger partial charge in [-0.2, -0.15) is 5.26 Å². The van der Waals surface area contributed by atoms with Crippen LogP contribution in [0.5, 0.6) is 0 Å². The van der Waals surface area contributed by atoms with Crippen LogP contribution in [0.1, 0.15) is 18.9 Å². The van der Waals surface area contributed by atoms with Crippen LogP contribution in [0.15, 0.2) is 24.3 Å². The second-order valence-electron chi connectivity index (χ2n) is 3.57. The van der Waals surface area contributed by atoms with Crippen LogP contribution in [0.3, 0.4) is 0 Å². The Bertz CT molecular complexity index is 505. The molecule has 1 unspecified atom stereocenters. The Morgan fingerprint density at radius 2 is 2.06 bits per heavy atom. The van der Waals surface area contributed by atoms with Gasteiger partial charge in [0.15, 0.2) is 9.84 Å². The minimum Gasteiger partial charge on any atom is -0.228 e. The first-order chi connectivity index (χ1) is 7.47. The predicted molar refractivity (Wildman–Crippen MR) is 63.8 cm³/mol. The van der Waals surface area contributed by atoms with Crippen LogP contribution in [-0.2, 0) is 15.6 Å². The topological polar surface area (TPSA) is 57.9 Å². The second-order valence-corrected chi connectivity index (χ2v) is 6.40. The Balaban J connectivity index is 2.90. The van der Waals surface area contributed by atoms with E-state index in [1.165, 1.54) is 6.92 Å². The first-order valence-corrected chi connectivity index (χ1v) is 6.88. The normalized spacial score (nSPS) is 13.1. The van der Waals surface area contributed by atoms with Gasteiger partial charge in [-0.15, -0.1) is 0 Å². The molecular weight excluding hydrogens is 246 g/mol. The highest BCUT2D eigenvalue weighted by Crippen LogP contribution is 2.20. The summed E-state index contributed by atoms with van der Waals surface area (Å²) in [6, 6.07) is 8.68. The fraction of sp³-hybridized carbons (Fsp3) is 0.364. The molecule has 0 aliphatic rings. The van der Waals surface area contributed by atoms with Crippen LogP contribution < -0.4 is 0 Å². The monoisotopic (exact) mass is 257 g/mol. The molecule has 3 nitrogen and oxygen atoms in total. The molecule has 0 aliphatic carbocycles. The molecular formula is C11H12ClNO2S. The number of rotatable bonds is 4. The number of nitriles is 1. The zero-order valence-electron chi connectivity index (χ0n) is 8.85. The Morgan fingerprint density at radius 1 is 1.44 bits per heavy atom. The molecule has 0 amide bonds. The molecule has 1 aromatic rings. The van der Waals surface area contributed by atoms with E-state index in [2.05, 4.69) is 0 Å². The van der Waals surface area contributed by atoms with Crippen molar-refractivity contribution in [3.63, 3.8) is 0 Å². The molecule has 0 saturated heterocycles. The van der Waals surface area contributed by atoms with Gasteiger partial charge in [-0.25, -0.2) is 8.42 Å². The van der Waals surface area contributed by atoms with E-state index in [9.17, 15) is 8.42 Å². The van der Waals surface area contributed by atoms with Crippen molar-refractivity contribution < 1.29 is 8.42 Å². The Labute approximate surface area is 101 Å². The van der Waals surface area contributed by atoms with Crippen LogP contribution in [0.2, 0.25) is 5.02 Å². The van der Waals surface area contributed by atoms with Crippen molar-refractivity contribution in [3.8, 4) is 6.07 Å². The van der Waals surface area contributed by atoms with E-state index in [4.69, 9.17) is 16.9 Å². The summed E-state index contributed by atoms with van der Waals surface area (Å²) in [5.41, 5.74) is 0.578. The van der Waals surface area contributed by atoms with Gasteiger partial charge in [0.1, 0.15) is 0 Å². The maximum absolute atomic E-state index is 11.8. The SMILES string of the molecule is CC(CC#N)S(=O)(=O)Cc1ccccc1Cl. The van der Waals surface area contributed by atoms with Crippen molar-refractivity contribution >= 4 is 21.4 Å². The van der Waals surface area contributed by atoms with E-state index < -0.39 is 15.1 Å². The van der Waals surface area contributed by atoms with Gasteiger partial charge in [0.2, 0.25) is 0 Å². The summed E-state index contributed by atoms with van der Waals surface area (Å²) in [4.78, 5) is 0. The third-order valence-electron chi connectivity index (χ3n) is 2.31. The number of hydrogen-bond acceptors (Lipinski definition) is 3. The Kier molecular flexibility index (Phi) is 4.34. The van der Waals surface area contributed by atoms with Gasteiger partial charge in [-0.05, 0) is 18.6 Å². The standard InChI is InChI=1S/C11H12ClNO2S/c1-9(6-7-13)16(14,15)8-10-4-2-3-5-11(10)12/h2-5,9H,6,8H2,1H3. The number of halogens is 1. The zero-order chi connectivity index (χ0) is 12.2. The Hall–Kier alpha value is -1.05. The zero-order valence-corrected chi connectivity index (χ0v) is 10.4. The van der Waals surface area contributed by atoms with Gasteiger partial charge in [0.05, 0.1) is 23.5 Å². The molecule has 16 heavy (non-hydrogen) atoms. The molecule has 0 aromatic heterocycles. The maximum atomic E-state index is 11.8. The highest BCUT2D eigenvalue weighted by molar-refractivity contribution is 7.91. The van der Waals surface area contributed by atoms with Crippen LogP contribution in [-0.4, -0.2) is 13.7 Å². The van der Waals surface area contributed by atoms with Gasteiger partial charge in [0.25, 0.3) is 0 Å². The minimum atomic E-state index is -3.30. The number of hydrogen-bond donors (Lipinski definition) is 0. The van der Waals surface area contributed by atoms with E-state index in [0.717, 1.165) is 0 Å². The molecule has 1 rings (SSSR count). The molecule has 0 saturated carbocycles. The number of benzene rings is 1. The molecule has 5 heteroatoms. The molecule has 86 valence electrons. The number of sulfone groups is 1. The van der Waals surface area contributed by atoms with E-state index in [-0.39, 0.29) is 12.2 Å². The molecule has 0 radical (unpaired) electrons. The largest absolute Gasteiger partial charge is 0.228 e. The molecule has 1 aromatic carbocycles. The third kappa shape index (κ3) is 3.22. The summed E-state index contributed by atoms with van der Waals surface area (Å²) >= 11 is 5.88. The van der Waals surface area contributed by atoms with Gasteiger partial charge in [0, 0.05) is 5.02 Å². The highest BCUT2D eigenvalue weighted by atomic mass is 35.5. The van der Waals surface area contributed by atoms with E-state index >= 15 is 0 Å². The smallest absolute Gasteiger partial charge is 0.158 e. The average Bonchev–Trinajstić information content (AvgIpc) is 2.21. The summed E-state index contributed by atoms with van der Waals surface area (Å²) in [7, 11) is -3.30. The summed E-state index contributed by atoms with van der Waals surface area (Å²) in [5, 5.41) is 8.26. The van der Waals surface area contributed by atoms with Crippen LogP contribution in [0, 0.1) is 11.3 Å². The maximum Gasteiger partial charge on any atom is 0.158 e. The minimum absolute atomic E-state index is 0.00673. The van der Waals surface area contributed by atoms with Gasteiger partial charge >= 0.3 is 0 Å². The molecule has 1 atom stereocenters. The van der Waals surface area contributed by atoms with Crippen molar-refractivity contribution in [3.05, 3.63) is 34.9 Å². The second kappa shape index (κ2) is 5.33. The molecule has 0 bridgehead atoms. The van der Waals surface area contributed by atoms with E-state index in [1.807, 2.05) is 6.07 Å². The quantitative estimate of drug-likeness (QED) is 0.833. The Morgan fingerprint density at radius 3 is 2.62 bits per heavy atom. The van der Waals surface area contributed by atoms with Crippen LogP contribution in [0.25, 0.3) is 0 Å². The fourth-order valence-corrected chi connectivity index (χ4v) is 2.81. The van der Waals surface area contributed by atoms with E-state index in [1.54, 1.807) is 24.3 Å². The number of nitrogens with zero attached hydrogens (tertiary/aromatic N) is 1. The van der Waals surface area contributed by atoms with Crippen LogP contribution in [0.4, 0.5) is 0 Å². The summed E-state index contributed by atoms with van der Waals surface area (Å²) in [6.07, 6.45) is 0.00673. The molecule has 0 N–H and O–H groups in total. The lowest BCUT2D eigenvalue weighted by Crippen LogP contribution is -2.19. The van der Waals surface area contributed by atoms with Crippen molar-refractivity contribution in [2.45, 2.75) is 24.3 Å². The van der Waals surface area contributed by atoms with Gasteiger partial charge in [-0.3, -0.25) is 0 Å². The molecule has 0 fully saturated rings. The molecule has 0 heterocycles. The van der Waals surface area contributed by atoms with Gasteiger partial charge in [-0.1, -0.05) is 29.8 Å². The third-order valence-corrected chi connectivity index (χ3v) is 4.78. The predicted octanol–water partition coefficient (Wildman–Crippen LogP) is 2.56. The van der Waals surface area contributed by atoms with Crippen LogP contribution >= 0.6 is 11.6 Å². The van der Waals surface area contributed by atoms with Gasteiger partial charge < -0.3 is 0 Å². The van der Waals surface area contributed by atoms with Crippen molar-refractivity contribution in [1.82, 2.24) is 0 Å². The van der Waals surface area contributed by atoms with Crippen molar-refractivity contribution in [2.24, 2.45) is 0 Å². The lowest BCUT2D eigenvalue weighted by molar-refractivity contribution is 0.583. The lowest BCUT2D eigenvalue weighted by Gasteiger charge is -2.10. The molecule has 0 aliphatic heterocycles. The average molecular weight is 258 g/mol.